The average molecular weight is 305 g/mol. The Labute approximate surface area is 128 Å². The van der Waals surface area contributed by atoms with E-state index in [-0.39, 0.29) is 22.9 Å². The highest BCUT2D eigenvalue weighted by Crippen LogP contribution is 2.43. The molecule has 3 N–H and O–H groups in total. The van der Waals surface area contributed by atoms with Crippen LogP contribution in [0.3, 0.4) is 0 Å². The predicted molar refractivity (Wildman–Crippen MR) is 81.6 cm³/mol. The van der Waals surface area contributed by atoms with Crippen LogP contribution in [0.4, 0.5) is 0 Å². The summed E-state index contributed by atoms with van der Waals surface area (Å²) < 4.78 is 0. The van der Waals surface area contributed by atoms with E-state index in [1.807, 2.05) is 6.92 Å². The summed E-state index contributed by atoms with van der Waals surface area (Å²) in [5, 5.41) is 13.2. The lowest BCUT2D eigenvalue weighted by molar-refractivity contribution is -0.118. The van der Waals surface area contributed by atoms with Gasteiger partial charge in [0.1, 0.15) is 0 Å². The van der Waals surface area contributed by atoms with Gasteiger partial charge in [0.15, 0.2) is 5.78 Å². The highest BCUT2D eigenvalue weighted by atomic mass is 32.2. The summed E-state index contributed by atoms with van der Waals surface area (Å²) in [5.41, 5.74) is 7.19. The molecule has 0 spiro atoms. The Kier molecular flexibility index (Phi) is 4.15. The standard InChI is InChI=1S/C15H19N3O2S/c1-8-9(6-16)14(21-7-12(17)20)18-10-4-15(2,3)5-11(19)13(8)10/h8,18H,4-5,7H2,1-3H3,(H2,17,20)/t8-/m1/s1. The molecule has 0 unspecified atom stereocenters. The molecular weight excluding hydrogens is 286 g/mol. The van der Waals surface area contributed by atoms with Gasteiger partial charge in [-0.25, -0.2) is 0 Å². The first-order valence-corrected chi connectivity index (χ1v) is 7.82. The SMILES string of the molecule is C[C@@H]1C(C#N)=C(SCC(N)=O)NC2=C1C(=O)CC(C)(C)C2. The fraction of sp³-hybridized carbons (Fsp3) is 0.533. The first-order valence-electron chi connectivity index (χ1n) is 6.84. The molecule has 0 aromatic heterocycles. The molecule has 0 aromatic rings. The molecule has 0 radical (unpaired) electrons. The number of carbonyl (C=O) groups is 2. The maximum absolute atomic E-state index is 12.4. The van der Waals surface area contributed by atoms with Gasteiger partial charge in [0, 0.05) is 23.6 Å². The third-order valence-corrected chi connectivity index (χ3v) is 4.81. The molecule has 6 heteroatoms. The summed E-state index contributed by atoms with van der Waals surface area (Å²) in [6.07, 6.45) is 1.26. The lowest BCUT2D eigenvalue weighted by atomic mass is 9.71. The number of thioether (sulfide) groups is 1. The minimum Gasteiger partial charge on any atom is -0.369 e. The number of dihydropyridines is 1. The van der Waals surface area contributed by atoms with Gasteiger partial charge in [-0.3, -0.25) is 9.59 Å². The van der Waals surface area contributed by atoms with Gasteiger partial charge < -0.3 is 11.1 Å². The minimum atomic E-state index is -0.431. The van der Waals surface area contributed by atoms with Crippen molar-refractivity contribution in [3.63, 3.8) is 0 Å². The van der Waals surface area contributed by atoms with Crippen LogP contribution in [0.25, 0.3) is 0 Å². The van der Waals surface area contributed by atoms with Crippen molar-refractivity contribution in [2.75, 3.05) is 5.75 Å². The van der Waals surface area contributed by atoms with Crippen LogP contribution in [0.5, 0.6) is 0 Å². The summed E-state index contributed by atoms with van der Waals surface area (Å²) >= 11 is 1.23. The van der Waals surface area contributed by atoms with Crippen molar-refractivity contribution in [3.05, 3.63) is 21.9 Å². The quantitative estimate of drug-likeness (QED) is 0.829. The van der Waals surface area contributed by atoms with Gasteiger partial charge >= 0.3 is 0 Å². The normalized spacial score (nSPS) is 24.3. The summed E-state index contributed by atoms with van der Waals surface area (Å²) in [4.78, 5) is 23.3. The van der Waals surface area contributed by atoms with Gasteiger partial charge in [-0.2, -0.15) is 5.26 Å². The Morgan fingerprint density at radius 3 is 2.76 bits per heavy atom. The Morgan fingerprint density at radius 2 is 2.19 bits per heavy atom. The number of nitrogens with zero attached hydrogens (tertiary/aromatic N) is 1. The molecule has 0 aromatic carbocycles. The lowest BCUT2D eigenvalue weighted by Gasteiger charge is -2.37. The Bertz CT molecular complexity index is 611. The number of hydrogen-bond acceptors (Lipinski definition) is 5. The van der Waals surface area contributed by atoms with Crippen molar-refractivity contribution >= 4 is 23.5 Å². The van der Waals surface area contributed by atoms with Crippen molar-refractivity contribution in [2.45, 2.75) is 33.6 Å². The number of allylic oxidation sites excluding steroid dienone is 3. The number of nitrogens with two attached hydrogens (primary N) is 1. The summed E-state index contributed by atoms with van der Waals surface area (Å²) in [6, 6.07) is 2.16. The van der Waals surface area contributed by atoms with Crippen LogP contribution in [-0.4, -0.2) is 17.4 Å². The molecule has 112 valence electrons. The highest BCUT2D eigenvalue weighted by molar-refractivity contribution is 8.03. The zero-order valence-corrected chi connectivity index (χ0v) is 13.3. The number of amides is 1. The molecule has 1 amide bonds. The van der Waals surface area contributed by atoms with Crippen molar-refractivity contribution < 1.29 is 9.59 Å². The number of primary amides is 1. The monoisotopic (exact) mass is 305 g/mol. The number of rotatable bonds is 3. The van der Waals surface area contributed by atoms with Crippen molar-refractivity contribution in [1.29, 1.82) is 5.26 Å². The number of nitrogens with one attached hydrogen (secondary N) is 1. The molecule has 21 heavy (non-hydrogen) atoms. The van der Waals surface area contributed by atoms with E-state index < -0.39 is 5.91 Å². The average Bonchev–Trinajstić information content (AvgIpc) is 2.33. The Balaban J connectivity index is 2.35. The van der Waals surface area contributed by atoms with Crippen LogP contribution in [0, 0.1) is 22.7 Å². The summed E-state index contributed by atoms with van der Waals surface area (Å²) in [6.45, 7) is 5.98. The van der Waals surface area contributed by atoms with Crippen molar-refractivity contribution in [2.24, 2.45) is 17.1 Å². The molecule has 2 aliphatic rings. The van der Waals surface area contributed by atoms with Crippen LogP contribution in [0.2, 0.25) is 0 Å². The first-order chi connectivity index (χ1) is 9.75. The molecule has 0 fully saturated rings. The van der Waals surface area contributed by atoms with E-state index >= 15 is 0 Å². The molecule has 0 saturated heterocycles. The van der Waals surface area contributed by atoms with Crippen molar-refractivity contribution in [3.8, 4) is 6.07 Å². The molecule has 0 saturated carbocycles. The number of nitriles is 1. The van der Waals surface area contributed by atoms with Gasteiger partial charge in [-0.05, 0) is 11.8 Å². The van der Waals surface area contributed by atoms with Crippen LogP contribution in [0.1, 0.15) is 33.6 Å². The largest absolute Gasteiger partial charge is 0.369 e. The van der Waals surface area contributed by atoms with Crippen LogP contribution >= 0.6 is 11.8 Å². The maximum Gasteiger partial charge on any atom is 0.227 e. The van der Waals surface area contributed by atoms with Gasteiger partial charge in [-0.15, -0.1) is 0 Å². The number of Topliss-reactive ketones (excluding diaryl/α,β-unsaturated/α-hetero) is 1. The third kappa shape index (κ3) is 3.13. The van der Waals surface area contributed by atoms with Gasteiger partial charge in [0.25, 0.3) is 0 Å². The molecule has 1 aliphatic heterocycles. The Morgan fingerprint density at radius 1 is 1.52 bits per heavy atom. The van der Waals surface area contributed by atoms with Gasteiger partial charge in [0.05, 0.1) is 22.4 Å². The van der Waals surface area contributed by atoms with Crippen LogP contribution in [0.15, 0.2) is 21.9 Å². The second-order valence-corrected chi connectivity index (χ2v) is 7.28. The number of ketones is 1. The topological polar surface area (TPSA) is 96.0 Å². The number of hydrogen-bond donors (Lipinski definition) is 2. The molecule has 1 heterocycles. The molecule has 2 rings (SSSR count). The second-order valence-electron chi connectivity index (χ2n) is 6.29. The lowest BCUT2D eigenvalue weighted by Crippen LogP contribution is -2.37. The van der Waals surface area contributed by atoms with E-state index in [0.717, 1.165) is 12.1 Å². The maximum atomic E-state index is 12.4. The smallest absolute Gasteiger partial charge is 0.227 e. The zero-order valence-electron chi connectivity index (χ0n) is 12.4. The molecule has 5 nitrogen and oxygen atoms in total. The highest BCUT2D eigenvalue weighted by Gasteiger charge is 2.39. The van der Waals surface area contributed by atoms with E-state index in [0.29, 0.717) is 22.6 Å². The number of carbonyl (C=O) groups excluding carboxylic acids is 2. The molecule has 0 bridgehead atoms. The zero-order chi connectivity index (χ0) is 15.8. The fourth-order valence-electron chi connectivity index (χ4n) is 2.90. The van der Waals surface area contributed by atoms with Crippen LogP contribution < -0.4 is 11.1 Å². The molecular formula is C15H19N3O2S. The Hall–Kier alpha value is -1.74. The van der Waals surface area contributed by atoms with E-state index in [4.69, 9.17) is 5.73 Å². The van der Waals surface area contributed by atoms with E-state index in [2.05, 4.69) is 25.2 Å². The molecule has 1 aliphatic carbocycles. The van der Waals surface area contributed by atoms with Gasteiger partial charge in [-0.1, -0.05) is 32.5 Å². The third-order valence-electron chi connectivity index (χ3n) is 3.77. The first kappa shape index (κ1) is 15.6. The predicted octanol–water partition coefficient (Wildman–Crippen LogP) is 1.82. The summed E-state index contributed by atoms with van der Waals surface area (Å²) in [7, 11) is 0. The second kappa shape index (κ2) is 5.57. The van der Waals surface area contributed by atoms with Crippen LogP contribution in [-0.2, 0) is 9.59 Å². The van der Waals surface area contributed by atoms with E-state index in [1.165, 1.54) is 11.8 Å². The minimum absolute atomic E-state index is 0.0910. The fourth-order valence-corrected chi connectivity index (χ4v) is 3.76. The van der Waals surface area contributed by atoms with Gasteiger partial charge in [0.2, 0.25) is 5.91 Å². The molecule has 1 atom stereocenters. The van der Waals surface area contributed by atoms with Crippen molar-refractivity contribution in [1.82, 2.24) is 5.32 Å². The van der Waals surface area contributed by atoms with E-state index in [1.54, 1.807) is 0 Å². The summed E-state index contributed by atoms with van der Waals surface area (Å²) in [5.74, 6) is -0.447. The van der Waals surface area contributed by atoms with E-state index in [9.17, 15) is 14.9 Å².